The number of aliphatic hydroxyl groups excluding tert-OH is 1. The summed E-state index contributed by atoms with van der Waals surface area (Å²) < 4.78 is 107. The molecule has 0 spiro atoms. The molecular formula is C45H54F6O5. The summed E-state index contributed by atoms with van der Waals surface area (Å²) >= 11 is 0. The molecule has 1 atom stereocenters. The summed E-state index contributed by atoms with van der Waals surface area (Å²) in [5.41, 5.74) is 0.536. The van der Waals surface area contributed by atoms with Crippen LogP contribution in [0.4, 0.5) is 26.3 Å². The topological polar surface area (TPSA) is 68.2 Å². The Bertz CT molecular complexity index is 1920. The first-order chi connectivity index (χ1) is 27.1. The third-order valence-electron chi connectivity index (χ3n) is 12.0. The number of hydrogen-bond donors (Lipinski definition) is 2. The molecule has 56 heavy (non-hydrogen) atoms. The van der Waals surface area contributed by atoms with Crippen LogP contribution in [0.1, 0.15) is 126 Å². The van der Waals surface area contributed by atoms with Crippen LogP contribution in [0.2, 0.25) is 0 Å². The van der Waals surface area contributed by atoms with Crippen molar-refractivity contribution in [2.24, 2.45) is 5.92 Å². The Morgan fingerprint density at radius 2 is 1.07 bits per heavy atom. The molecule has 4 aromatic carbocycles. The van der Waals surface area contributed by atoms with Gasteiger partial charge in [0.05, 0.1) is 29.6 Å². The van der Waals surface area contributed by atoms with Gasteiger partial charge in [0, 0.05) is 19.8 Å². The molecule has 4 aromatic rings. The van der Waals surface area contributed by atoms with E-state index in [2.05, 4.69) is 0 Å². The summed E-state index contributed by atoms with van der Waals surface area (Å²) in [4.78, 5) is 0. The molecule has 0 radical (unpaired) electrons. The Labute approximate surface area is 325 Å². The van der Waals surface area contributed by atoms with Gasteiger partial charge in [-0.1, -0.05) is 37.8 Å². The Balaban J connectivity index is 0.850. The van der Waals surface area contributed by atoms with Gasteiger partial charge in [0.15, 0.2) is 46.4 Å². The summed E-state index contributed by atoms with van der Waals surface area (Å²) in [6.07, 6.45) is 12.2. The van der Waals surface area contributed by atoms with Crippen LogP contribution in [-0.4, -0.2) is 48.8 Å². The van der Waals surface area contributed by atoms with E-state index in [-0.39, 0.29) is 59.3 Å². The fourth-order valence-corrected chi connectivity index (χ4v) is 8.90. The van der Waals surface area contributed by atoms with Gasteiger partial charge in [-0.15, -0.1) is 0 Å². The van der Waals surface area contributed by atoms with Crippen molar-refractivity contribution in [3.05, 3.63) is 82.4 Å². The average Bonchev–Trinajstić information content (AvgIpc) is 3.20. The van der Waals surface area contributed by atoms with Gasteiger partial charge in [-0.3, -0.25) is 0 Å². The largest absolute Gasteiger partial charge is 0.505 e. The van der Waals surface area contributed by atoms with Crippen molar-refractivity contribution < 1.29 is 50.8 Å². The summed E-state index contributed by atoms with van der Waals surface area (Å²) in [6.45, 7) is 3.32. The number of unbranched alkanes of at least 4 members (excludes halogenated alkanes) is 2. The second-order valence-electron chi connectivity index (χ2n) is 15.7. The van der Waals surface area contributed by atoms with Crippen molar-refractivity contribution in [3.8, 4) is 11.5 Å². The van der Waals surface area contributed by atoms with Crippen LogP contribution >= 0.6 is 0 Å². The Morgan fingerprint density at radius 3 is 1.55 bits per heavy atom. The standard InChI is InChI=1S/C45H54F6O5/c1-2-54-37-20-14-31-26-35(41(47)45(51)39(31)43(37)49)29-11-17-33(18-12-29)56-24-6-4-8-27(21-22-52)7-3-5-23-55-32-15-9-28(10-16-32)34-25-30-13-19-36(53)42(48)38(30)44(50)40(34)46/h13-14,19-20,25-29,32-33,52-53H,2-12,15-18,21-24H2,1H3. The zero-order valence-corrected chi connectivity index (χ0v) is 32.2. The molecule has 6 rings (SSSR count). The van der Waals surface area contributed by atoms with E-state index in [1.165, 1.54) is 18.2 Å². The van der Waals surface area contributed by atoms with Crippen LogP contribution in [0, 0.1) is 40.8 Å². The zero-order valence-electron chi connectivity index (χ0n) is 32.2. The number of hydrogen-bond acceptors (Lipinski definition) is 5. The smallest absolute Gasteiger partial charge is 0.175 e. The lowest BCUT2D eigenvalue weighted by Crippen LogP contribution is -2.22. The molecule has 0 bridgehead atoms. The Hall–Kier alpha value is -3.54. The van der Waals surface area contributed by atoms with E-state index < -0.39 is 46.0 Å². The molecule has 0 aliphatic heterocycles. The van der Waals surface area contributed by atoms with Crippen molar-refractivity contribution in [2.75, 3.05) is 26.4 Å². The molecule has 2 fully saturated rings. The van der Waals surface area contributed by atoms with Crippen molar-refractivity contribution in [1.82, 2.24) is 0 Å². The summed E-state index contributed by atoms with van der Waals surface area (Å²) in [7, 11) is 0. The molecule has 0 heterocycles. The predicted molar refractivity (Wildman–Crippen MR) is 205 cm³/mol. The van der Waals surface area contributed by atoms with Gasteiger partial charge in [0.2, 0.25) is 0 Å². The molecule has 0 aromatic heterocycles. The van der Waals surface area contributed by atoms with Crippen LogP contribution in [0.3, 0.4) is 0 Å². The highest BCUT2D eigenvalue weighted by atomic mass is 19.2. The van der Waals surface area contributed by atoms with E-state index in [1.54, 1.807) is 19.1 Å². The first kappa shape index (κ1) is 42.1. The molecule has 2 saturated carbocycles. The van der Waals surface area contributed by atoms with Gasteiger partial charge in [0.25, 0.3) is 0 Å². The Morgan fingerprint density at radius 1 is 0.589 bits per heavy atom. The lowest BCUT2D eigenvalue weighted by Gasteiger charge is -2.29. The second-order valence-corrected chi connectivity index (χ2v) is 15.7. The van der Waals surface area contributed by atoms with Crippen molar-refractivity contribution >= 4 is 21.5 Å². The van der Waals surface area contributed by atoms with E-state index in [0.29, 0.717) is 55.8 Å². The maximum absolute atomic E-state index is 15.2. The highest BCUT2D eigenvalue weighted by molar-refractivity contribution is 5.87. The minimum absolute atomic E-state index is 0.0564. The number of benzene rings is 4. The molecule has 2 aliphatic carbocycles. The molecular weight excluding hydrogens is 734 g/mol. The van der Waals surface area contributed by atoms with Crippen LogP contribution in [-0.2, 0) is 9.47 Å². The van der Waals surface area contributed by atoms with Gasteiger partial charge in [0.1, 0.15) is 0 Å². The third kappa shape index (κ3) is 9.76. The molecule has 2 aliphatic rings. The number of fused-ring (bicyclic) bond motifs is 2. The van der Waals surface area contributed by atoms with Crippen molar-refractivity contribution in [2.45, 2.75) is 127 Å². The van der Waals surface area contributed by atoms with Gasteiger partial charge < -0.3 is 24.4 Å². The lowest BCUT2D eigenvalue weighted by atomic mass is 9.81. The number of aromatic hydroxyl groups is 1. The summed E-state index contributed by atoms with van der Waals surface area (Å²) in [5, 5.41) is 18.9. The average molecular weight is 789 g/mol. The molecule has 5 nitrogen and oxygen atoms in total. The number of rotatable bonds is 18. The van der Waals surface area contributed by atoms with E-state index in [4.69, 9.17) is 14.2 Å². The quantitative estimate of drug-likeness (QED) is 0.0776. The molecule has 0 amide bonds. The van der Waals surface area contributed by atoms with Crippen LogP contribution < -0.4 is 4.74 Å². The minimum atomic E-state index is -1.26. The summed E-state index contributed by atoms with van der Waals surface area (Å²) in [6, 6.07) is 8.65. The number of phenolic OH excluding ortho intramolecular Hbond substituents is 1. The summed E-state index contributed by atoms with van der Waals surface area (Å²) in [5.74, 6) is -7.23. The van der Waals surface area contributed by atoms with Crippen molar-refractivity contribution in [3.63, 3.8) is 0 Å². The van der Waals surface area contributed by atoms with Crippen molar-refractivity contribution in [1.29, 1.82) is 0 Å². The monoisotopic (exact) mass is 788 g/mol. The van der Waals surface area contributed by atoms with Gasteiger partial charge in [-0.2, -0.15) is 0 Å². The number of aliphatic hydroxyl groups is 1. The first-order valence-corrected chi connectivity index (χ1v) is 20.5. The van der Waals surface area contributed by atoms with E-state index >= 15 is 8.78 Å². The zero-order chi connectivity index (χ0) is 39.8. The van der Waals surface area contributed by atoms with Crippen LogP contribution in [0.25, 0.3) is 21.5 Å². The van der Waals surface area contributed by atoms with E-state index in [9.17, 15) is 27.8 Å². The fourth-order valence-electron chi connectivity index (χ4n) is 8.90. The third-order valence-corrected chi connectivity index (χ3v) is 12.0. The van der Waals surface area contributed by atoms with Crippen LogP contribution in [0.15, 0.2) is 36.4 Å². The predicted octanol–water partition coefficient (Wildman–Crippen LogP) is 12.1. The normalized spacial score (nSPS) is 20.9. The number of halogens is 6. The molecule has 2 N–H and O–H groups in total. The van der Waals surface area contributed by atoms with E-state index in [1.807, 2.05) is 0 Å². The van der Waals surface area contributed by atoms with Gasteiger partial charge in [-0.05, 0) is 141 Å². The van der Waals surface area contributed by atoms with E-state index in [0.717, 1.165) is 76.7 Å². The SMILES string of the molecule is CCOc1ccc2cc(C3CCC(OCCCCC(CCO)CCCCOC4CCC(c5cc6ccc(O)c(F)c6c(F)c5F)CC4)CC3)c(F)c(F)c2c1F. The minimum Gasteiger partial charge on any atom is -0.505 e. The second kappa shape index (κ2) is 19.7. The number of phenols is 1. The van der Waals surface area contributed by atoms with Gasteiger partial charge in [-0.25, -0.2) is 26.3 Å². The highest BCUT2D eigenvalue weighted by Crippen LogP contribution is 2.41. The number of ether oxygens (including phenoxy) is 3. The molecule has 0 saturated heterocycles. The Kier molecular flexibility index (Phi) is 14.8. The fraction of sp³-hybridized carbons (Fsp3) is 0.556. The maximum Gasteiger partial charge on any atom is 0.175 e. The van der Waals surface area contributed by atoms with Gasteiger partial charge >= 0.3 is 0 Å². The highest BCUT2D eigenvalue weighted by Gasteiger charge is 2.30. The lowest BCUT2D eigenvalue weighted by molar-refractivity contribution is 0.0209. The maximum atomic E-state index is 15.2. The molecule has 11 heteroatoms. The van der Waals surface area contributed by atoms with Crippen LogP contribution in [0.5, 0.6) is 11.5 Å². The molecule has 1 unspecified atom stereocenters. The molecule has 306 valence electrons. The first-order valence-electron chi connectivity index (χ1n) is 20.5.